The number of fused-ring (bicyclic) bond motifs is 2. The van der Waals surface area contributed by atoms with E-state index in [9.17, 15) is 0 Å². The molecule has 0 unspecified atom stereocenters. The molecule has 0 aliphatic rings. The Balaban J connectivity index is 1.96. The van der Waals surface area contributed by atoms with Crippen LogP contribution in [0.15, 0.2) is 66.7 Å². The zero-order chi connectivity index (χ0) is 15.8. The quantitative estimate of drug-likeness (QED) is 0.496. The number of benzene rings is 3. The number of rotatable bonds is 2. The summed E-state index contributed by atoms with van der Waals surface area (Å²) in [5.74, 6) is 0.813. The summed E-state index contributed by atoms with van der Waals surface area (Å²) >= 11 is 0. The van der Waals surface area contributed by atoms with E-state index in [0.29, 0.717) is 0 Å². The molecule has 112 valence electrons. The molecule has 0 N–H and O–H groups in total. The zero-order valence-corrected chi connectivity index (χ0v) is 13.2. The fraction of sp³-hybridized carbons (Fsp3) is 0.0952. The van der Waals surface area contributed by atoms with Crippen molar-refractivity contribution in [2.75, 3.05) is 7.11 Å². The summed E-state index contributed by atoms with van der Waals surface area (Å²) in [5.41, 5.74) is 4.22. The minimum Gasteiger partial charge on any atom is -0.494 e. The average Bonchev–Trinajstić information content (AvgIpc) is 2.60. The van der Waals surface area contributed by atoms with Crippen molar-refractivity contribution < 1.29 is 4.74 Å². The highest BCUT2D eigenvalue weighted by atomic mass is 16.5. The van der Waals surface area contributed by atoms with Gasteiger partial charge in [0.1, 0.15) is 11.3 Å². The van der Waals surface area contributed by atoms with Gasteiger partial charge in [-0.2, -0.15) is 0 Å². The van der Waals surface area contributed by atoms with Gasteiger partial charge in [0.05, 0.1) is 12.8 Å². The first-order chi connectivity index (χ1) is 11.3. The molecule has 4 rings (SSSR count). The van der Waals surface area contributed by atoms with Crippen molar-refractivity contribution in [3.8, 4) is 17.0 Å². The van der Waals surface area contributed by atoms with Crippen LogP contribution in [0.2, 0.25) is 0 Å². The minimum absolute atomic E-state index is 0.813. The molecule has 0 aliphatic heterocycles. The Morgan fingerprint density at radius 1 is 0.826 bits per heavy atom. The van der Waals surface area contributed by atoms with Crippen LogP contribution in [0.3, 0.4) is 0 Å². The predicted molar refractivity (Wildman–Crippen MR) is 96.0 cm³/mol. The molecule has 4 aromatic rings. The SMILES string of the molecule is COc1cccc2c(C)cc(-c3ccc4ccccc4c3)nc12. The van der Waals surface area contributed by atoms with E-state index < -0.39 is 0 Å². The topological polar surface area (TPSA) is 22.1 Å². The molecule has 3 aromatic carbocycles. The number of aryl methyl sites for hydroxylation is 1. The van der Waals surface area contributed by atoms with Gasteiger partial charge in [-0.05, 0) is 41.5 Å². The lowest BCUT2D eigenvalue weighted by Gasteiger charge is -2.10. The maximum Gasteiger partial charge on any atom is 0.145 e. The first-order valence-electron chi connectivity index (χ1n) is 7.70. The molecule has 23 heavy (non-hydrogen) atoms. The van der Waals surface area contributed by atoms with Gasteiger partial charge in [0.15, 0.2) is 0 Å². The van der Waals surface area contributed by atoms with Gasteiger partial charge in [0, 0.05) is 10.9 Å². The molecule has 0 radical (unpaired) electrons. The van der Waals surface area contributed by atoms with Crippen molar-refractivity contribution in [1.82, 2.24) is 4.98 Å². The Hall–Kier alpha value is -2.87. The lowest BCUT2D eigenvalue weighted by Crippen LogP contribution is -1.92. The van der Waals surface area contributed by atoms with E-state index in [2.05, 4.69) is 61.5 Å². The van der Waals surface area contributed by atoms with Crippen LogP contribution in [0, 0.1) is 6.92 Å². The first-order valence-corrected chi connectivity index (χ1v) is 7.70. The standard InChI is InChI=1S/C21H17NO/c1-14-12-19(22-21-18(14)8-5-9-20(21)23-2)17-11-10-15-6-3-4-7-16(15)13-17/h3-13H,1-2H3. The summed E-state index contributed by atoms with van der Waals surface area (Å²) in [5, 5.41) is 3.60. The van der Waals surface area contributed by atoms with Crippen LogP contribution < -0.4 is 4.74 Å². The van der Waals surface area contributed by atoms with Crippen LogP contribution in [0.25, 0.3) is 32.9 Å². The largest absolute Gasteiger partial charge is 0.494 e. The summed E-state index contributed by atoms with van der Waals surface area (Å²) in [4.78, 5) is 4.86. The second-order valence-electron chi connectivity index (χ2n) is 5.74. The Labute approximate surface area is 135 Å². The minimum atomic E-state index is 0.813. The molecule has 0 atom stereocenters. The molecular formula is C21H17NO. The molecule has 0 spiro atoms. The zero-order valence-electron chi connectivity index (χ0n) is 13.2. The fourth-order valence-electron chi connectivity index (χ4n) is 3.05. The Morgan fingerprint density at radius 2 is 1.65 bits per heavy atom. The van der Waals surface area contributed by atoms with Crippen molar-refractivity contribution in [2.24, 2.45) is 0 Å². The van der Waals surface area contributed by atoms with Gasteiger partial charge in [-0.25, -0.2) is 4.98 Å². The molecule has 0 saturated carbocycles. The Kier molecular flexibility index (Phi) is 3.23. The van der Waals surface area contributed by atoms with Crippen LogP contribution in [-0.4, -0.2) is 12.1 Å². The Bertz CT molecular complexity index is 1020. The van der Waals surface area contributed by atoms with Gasteiger partial charge in [-0.3, -0.25) is 0 Å². The highest BCUT2D eigenvalue weighted by molar-refractivity contribution is 5.91. The van der Waals surface area contributed by atoms with Crippen molar-refractivity contribution in [3.63, 3.8) is 0 Å². The molecule has 0 bridgehead atoms. The summed E-state index contributed by atoms with van der Waals surface area (Å²) in [6.07, 6.45) is 0. The van der Waals surface area contributed by atoms with Crippen molar-refractivity contribution >= 4 is 21.7 Å². The average molecular weight is 299 g/mol. The predicted octanol–water partition coefficient (Wildman–Crippen LogP) is 5.37. The van der Waals surface area contributed by atoms with Gasteiger partial charge >= 0.3 is 0 Å². The molecule has 0 fully saturated rings. The molecule has 0 saturated heterocycles. The van der Waals surface area contributed by atoms with Crippen LogP contribution in [0.1, 0.15) is 5.56 Å². The van der Waals surface area contributed by atoms with Crippen LogP contribution in [-0.2, 0) is 0 Å². The highest BCUT2D eigenvalue weighted by Crippen LogP contribution is 2.31. The monoisotopic (exact) mass is 299 g/mol. The molecule has 1 heterocycles. The van der Waals surface area contributed by atoms with Gasteiger partial charge in [0.25, 0.3) is 0 Å². The number of hydrogen-bond acceptors (Lipinski definition) is 2. The normalized spacial score (nSPS) is 11.0. The van der Waals surface area contributed by atoms with Gasteiger partial charge in [-0.15, -0.1) is 0 Å². The number of para-hydroxylation sites is 1. The first kappa shape index (κ1) is 13.8. The van der Waals surface area contributed by atoms with E-state index in [4.69, 9.17) is 9.72 Å². The van der Waals surface area contributed by atoms with Gasteiger partial charge in [0.2, 0.25) is 0 Å². The number of pyridine rings is 1. The van der Waals surface area contributed by atoms with Crippen LogP contribution in [0.5, 0.6) is 5.75 Å². The fourth-order valence-corrected chi connectivity index (χ4v) is 3.05. The summed E-state index contributed by atoms with van der Waals surface area (Å²) < 4.78 is 5.48. The third-order valence-corrected chi connectivity index (χ3v) is 4.27. The second kappa shape index (κ2) is 5.40. The number of aromatic nitrogens is 1. The van der Waals surface area contributed by atoms with E-state index in [1.807, 2.05) is 12.1 Å². The van der Waals surface area contributed by atoms with Crippen molar-refractivity contribution in [2.45, 2.75) is 6.92 Å². The Morgan fingerprint density at radius 3 is 2.48 bits per heavy atom. The lowest BCUT2D eigenvalue weighted by atomic mass is 10.0. The van der Waals surface area contributed by atoms with E-state index >= 15 is 0 Å². The van der Waals surface area contributed by atoms with E-state index in [1.165, 1.54) is 16.3 Å². The summed E-state index contributed by atoms with van der Waals surface area (Å²) in [7, 11) is 1.69. The maximum atomic E-state index is 5.48. The number of hydrogen-bond donors (Lipinski definition) is 0. The van der Waals surface area contributed by atoms with Crippen molar-refractivity contribution in [3.05, 3.63) is 72.3 Å². The van der Waals surface area contributed by atoms with Crippen molar-refractivity contribution in [1.29, 1.82) is 0 Å². The molecule has 0 amide bonds. The van der Waals surface area contributed by atoms with E-state index in [-0.39, 0.29) is 0 Å². The lowest BCUT2D eigenvalue weighted by molar-refractivity contribution is 0.419. The highest BCUT2D eigenvalue weighted by Gasteiger charge is 2.09. The molecule has 0 aliphatic carbocycles. The molecule has 1 aromatic heterocycles. The van der Waals surface area contributed by atoms with Crippen LogP contribution in [0.4, 0.5) is 0 Å². The third-order valence-electron chi connectivity index (χ3n) is 4.27. The van der Waals surface area contributed by atoms with Crippen LogP contribution >= 0.6 is 0 Å². The molecular weight excluding hydrogens is 282 g/mol. The van der Waals surface area contributed by atoms with E-state index in [1.54, 1.807) is 7.11 Å². The molecule has 2 nitrogen and oxygen atoms in total. The van der Waals surface area contributed by atoms with Gasteiger partial charge < -0.3 is 4.74 Å². The number of ether oxygens (including phenoxy) is 1. The number of methoxy groups -OCH3 is 1. The number of nitrogens with zero attached hydrogens (tertiary/aromatic N) is 1. The summed E-state index contributed by atoms with van der Waals surface area (Å²) in [6.45, 7) is 2.12. The van der Waals surface area contributed by atoms with E-state index in [0.717, 1.165) is 27.9 Å². The van der Waals surface area contributed by atoms with Gasteiger partial charge in [-0.1, -0.05) is 48.5 Å². The summed E-state index contributed by atoms with van der Waals surface area (Å²) in [6, 6.07) is 23.0. The third kappa shape index (κ3) is 2.33. The maximum absolute atomic E-state index is 5.48. The molecule has 2 heteroatoms. The smallest absolute Gasteiger partial charge is 0.145 e. The second-order valence-corrected chi connectivity index (χ2v) is 5.74.